The average molecular weight is 332 g/mol. The lowest BCUT2D eigenvalue weighted by atomic mass is 9.44. The maximum atomic E-state index is 12.3. The number of rotatable bonds is 1. The predicted molar refractivity (Wildman–Crippen MR) is 93.3 cm³/mol. The quantitative estimate of drug-likeness (QED) is 0.773. The van der Waals surface area contributed by atoms with Crippen molar-refractivity contribution in [2.24, 2.45) is 34.5 Å². The Morgan fingerprint density at radius 2 is 1.92 bits per heavy atom. The molecule has 0 spiro atoms. The number of carbonyl (C=O) groups excluding carboxylic acids is 1. The van der Waals surface area contributed by atoms with Crippen molar-refractivity contribution < 1.29 is 15.0 Å². The first-order valence-corrected chi connectivity index (χ1v) is 9.87. The third-order valence-electron chi connectivity index (χ3n) is 8.73. The zero-order valence-electron chi connectivity index (χ0n) is 15.3. The SMILES string of the molecule is CC1=C2C[C@@H](C)[C@@H]3[C@H](CC[C@]4(C)[C@@H](O)CC[C@@H]34)[C@@]2(CO)CCC1=O. The molecule has 4 rings (SSSR count). The third-order valence-corrected chi connectivity index (χ3v) is 8.73. The van der Waals surface area contributed by atoms with Crippen LogP contribution in [0.5, 0.6) is 0 Å². The Bertz CT molecular complexity index is 594. The number of hydrogen-bond acceptors (Lipinski definition) is 3. The van der Waals surface area contributed by atoms with Gasteiger partial charge in [-0.1, -0.05) is 19.4 Å². The molecule has 134 valence electrons. The second-order valence-corrected chi connectivity index (χ2v) is 9.45. The summed E-state index contributed by atoms with van der Waals surface area (Å²) in [6, 6.07) is 0. The zero-order valence-corrected chi connectivity index (χ0v) is 15.3. The molecule has 0 aromatic rings. The van der Waals surface area contributed by atoms with Gasteiger partial charge in [-0.05, 0) is 80.1 Å². The van der Waals surface area contributed by atoms with Crippen LogP contribution in [0, 0.1) is 34.5 Å². The number of aliphatic hydroxyl groups excluding tert-OH is 2. The Balaban J connectivity index is 1.79. The van der Waals surface area contributed by atoms with Crippen molar-refractivity contribution in [2.45, 2.75) is 71.8 Å². The molecule has 4 aliphatic carbocycles. The molecule has 0 unspecified atom stereocenters. The Hall–Kier alpha value is -0.670. The van der Waals surface area contributed by atoms with Crippen molar-refractivity contribution in [2.75, 3.05) is 6.61 Å². The number of aliphatic hydroxyl groups is 2. The number of ketones is 1. The minimum Gasteiger partial charge on any atom is -0.395 e. The van der Waals surface area contributed by atoms with E-state index in [0.717, 1.165) is 44.1 Å². The highest BCUT2D eigenvalue weighted by Crippen LogP contribution is 2.66. The second-order valence-electron chi connectivity index (χ2n) is 9.45. The summed E-state index contributed by atoms with van der Waals surface area (Å²) in [5.74, 6) is 2.46. The van der Waals surface area contributed by atoms with Gasteiger partial charge in [-0.25, -0.2) is 0 Å². The molecule has 0 bridgehead atoms. The molecule has 0 aromatic heterocycles. The van der Waals surface area contributed by atoms with Crippen molar-refractivity contribution in [1.29, 1.82) is 0 Å². The molecule has 0 heterocycles. The number of fused-ring (bicyclic) bond motifs is 5. The van der Waals surface area contributed by atoms with E-state index in [1.807, 2.05) is 6.92 Å². The molecule has 7 atom stereocenters. The van der Waals surface area contributed by atoms with E-state index < -0.39 is 0 Å². The Morgan fingerprint density at radius 1 is 1.17 bits per heavy atom. The van der Waals surface area contributed by atoms with Crippen LogP contribution >= 0.6 is 0 Å². The molecule has 24 heavy (non-hydrogen) atoms. The highest BCUT2D eigenvalue weighted by molar-refractivity contribution is 5.96. The van der Waals surface area contributed by atoms with Crippen LogP contribution in [0.1, 0.15) is 65.7 Å². The largest absolute Gasteiger partial charge is 0.395 e. The fourth-order valence-electron chi connectivity index (χ4n) is 7.34. The molecule has 3 heteroatoms. The van der Waals surface area contributed by atoms with Crippen LogP contribution in [0.3, 0.4) is 0 Å². The Kier molecular flexibility index (Phi) is 3.78. The summed E-state index contributed by atoms with van der Waals surface area (Å²) in [6.07, 6.45) is 6.44. The van der Waals surface area contributed by atoms with Gasteiger partial charge in [0.1, 0.15) is 0 Å². The summed E-state index contributed by atoms with van der Waals surface area (Å²) >= 11 is 0. The second kappa shape index (κ2) is 5.41. The molecule has 0 aromatic carbocycles. The normalized spacial score (nSPS) is 51.2. The van der Waals surface area contributed by atoms with Crippen molar-refractivity contribution >= 4 is 5.78 Å². The fourth-order valence-corrected chi connectivity index (χ4v) is 7.34. The summed E-state index contributed by atoms with van der Waals surface area (Å²) in [4.78, 5) is 12.3. The van der Waals surface area contributed by atoms with E-state index in [0.29, 0.717) is 30.1 Å². The van der Waals surface area contributed by atoms with Gasteiger partial charge in [0.15, 0.2) is 5.78 Å². The fraction of sp³-hybridized carbons (Fsp3) is 0.857. The van der Waals surface area contributed by atoms with E-state index >= 15 is 0 Å². The lowest BCUT2D eigenvalue weighted by molar-refractivity contribution is -0.125. The van der Waals surface area contributed by atoms with Gasteiger partial charge < -0.3 is 10.2 Å². The first-order valence-electron chi connectivity index (χ1n) is 9.87. The molecule has 0 aliphatic heterocycles. The van der Waals surface area contributed by atoms with Crippen LogP contribution in [0.15, 0.2) is 11.1 Å². The minimum absolute atomic E-state index is 0.0623. The van der Waals surface area contributed by atoms with E-state index in [1.165, 1.54) is 5.57 Å². The smallest absolute Gasteiger partial charge is 0.158 e. The monoisotopic (exact) mass is 332 g/mol. The van der Waals surface area contributed by atoms with Gasteiger partial charge in [0.2, 0.25) is 0 Å². The highest BCUT2D eigenvalue weighted by Gasteiger charge is 2.61. The zero-order chi connectivity index (χ0) is 17.3. The van der Waals surface area contributed by atoms with Crippen molar-refractivity contribution in [1.82, 2.24) is 0 Å². The van der Waals surface area contributed by atoms with Crippen LogP contribution < -0.4 is 0 Å². The predicted octanol–water partition coefficient (Wildman–Crippen LogP) is 3.49. The summed E-state index contributed by atoms with van der Waals surface area (Å²) in [5, 5.41) is 21.1. The summed E-state index contributed by atoms with van der Waals surface area (Å²) in [5.41, 5.74) is 2.12. The molecule has 3 fully saturated rings. The summed E-state index contributed by atoms with van der Waals surface area (Å²) < 4.78 is 0. The molecule has 0 radical (unpaired) electrons. The molecule has 4 aliphatic rings. The van der Waals surface area contributed by atoms with E-state index in [2.05, 4.69) is 13.8 Å². The van der Waals surface area contributed by atoms with Gasteiger partial charge in [0.25, 0.3) is 0 Å². The Labute approximate surface area is 145 Å². The van der Waals surface area contributed by atoms with E-state index in [-0.39, 0.29) is 29.3 Å². The van der Waals surface area contributed by atoms with Gasteiger partial charge in [0.05, 0.1) is 12.7 Å². The standard InChI is InChI=1S/C21H32O3/c1-12-10-16-13(2)17(23)7-9-21(16,11-22)15-6-8-20(3)14(19(12)15)4-5-18(20)24/h12,14-15,18-19,22,24H,4-11H2,1-3H3/t12-,14+,15+,18+,19+,20+,21+/m1/s1. The van der Waals surface area contributed by atoms with Crippen LogP contribution in [-0.4, -0.2) is 28.7 Å². The van der Waals surface area contributed by atoms with Gasteiger partial charge in [0, 0.05) is 11.8 Å². The summed E-state index contributed by atoms with van der Waals surface area (Å²) in [6.45, 7) is 6.81. The van der Waals surface area contributed by atoms with Crippen molar-refractivity contribution in [3.63, 3.8) is 0 Å². The first kappa shape index (κ1) is 16.8. The summed E-state index contributed by atoms with van der Waals surface area (Å²) in [7, 11) is 0. The van der Waals surface area contributed by atoms with Crippen LogP contribution in [0.2, 0.25) is 0 Å². The molecule has 3 nitrogen and oxygen atoms in total. The molecule has 2 N–H and O–H groups in total. The van der Waals surface area contributed by atoms with Gasteiger partial charge in [-0.15, -0.1) is 0 Å². The van der Waals surface area contributed by atoms with Gasteiger partial charge >= 0.3 is 0 Å². The van der Waals surface area contributed by atoms with Crippen LogP contribution in [-0.2, 0) is 4.79 Å². The van der Waals surface area contributed by atoms with E-state index in [1.54, 1.807) is 0 Å². The van der Waals surface area contributed by atoms with Crippen molar-refractivity contribution in [3.05, 3.63) is 11.1 Å². The number of Topliss-reactive ketones (excluding diaryl/α,β-unsaturated/α-hetero) is 1. The van der Waals surface area contributed by atoms with Gasteiger partial charge in [-0.3, -0.25) is 4.79 Å². The van der Waals surface area contributed by atoms with E-state index in [4.69, 9.17) is 0 Å². The minimum atomic E-state index is -0.163. The average Bonchev–Trinajstić information content (AvgIpc) is 2.87. The number of carbonyl (C=O) groups is 1. The lowest BCUT2D eigenvalue weighted by Crippen LogP contribution is -2.56. The molecule has 0 amide bonds. The Morgan fingerprint density at radius 3 is 2.62 bits per heavy atom. The maximum absolute atomic E-state index is 12.3. The van der Waals surface area contributed by atoms with E-state index in [9.17, 15) is 15.0 Å². The lowest BCUT2D eigenvalue weighted by Gasteiger charge is -2.60. The van der Waals surface area contributed by atoms with Crippen LogP contribution in [0.25, 0.3) is 0 Å². The topological polar surface area (TPSA) is 57.5 Å². The molecular weight excluding hydrogens is 300 g/mol. The maximum Gasteiger partial charge on any atom is 0.158 e. The highest BCUT2D eigenvalue weighted by atomic mass is 16.3. The molecule has 0 saturated heterocycles. The van der Waals surface area contributed by atoms with Gasteiger partial charge in [-0.2, -0.15) is 0 Å². The van der Waals surface area contributed by atoms with Crippen molar-refractivity contribution in [3.8, 4) is 0 Å². The molecular formula is C21H32O3. The number of hydrogen-bond donors (Lipinski definition) is 2. The first-order chi connectivity index (χ1) is 11.3. The third kappa shape index (κ3) is 1.94. The van der Waals surface area contributed by atoms with Crippen LogP contribution in [0.4, 0.5) is 0 Å². The molecule has 3 saturated carbocycles.